The van der Waals surface area contributed by atoms with Crippen molar-refractivity contribution in [2.45, 2.75) is 18.9 Å². The lowest BCUT2D eigenvalue weighted by molar-refractivity contribution is -0.139. The second kappa shape index (κ2) is 3.72. The summed E-state index contributed by atoms with van der Waals surface area (Å²) in [5.41, 5.74) is -0.360. The zero-order valence-electron chi connectivity index (χ0n) is 7.92. The van der Waals surface area contributed by atoms with Crippen molar-refractivity contribution in [1.82, 2.24) is 9.55 Å². The summed E-state index contributed by atoms with van der Waals surface area (Å²) in [5.74, 6) is -1.27. The maximum Gasteiger partial charge on any atom is 0.341 e. The summed E-state index contributed by atoms with van der Waals surface area (Å²) in [4.78, 5) is 25.6. The van der Waals surface area contributed by atoms with Gasteiger partial charge in [0.25, 0.3) is 5.88 Å². The zero-order chi connectivity index (χ0) is 10.8. The summed E-state index contributed by atoms with van der Waals surface area (Å²) >= 11 is 0. The Bertz CT molecular complexity index is 436. The molecular weight excluding hydrogens is 200 g/mol. The molecule has 1 N–H and O–H groups in total. The van der Waals surface area contributed by atoms with Crippen LogP contribution in [0.5, 0.6) is 5.88 Å². The van der Waals surface area contributed by atoms with Crippen LogP contribution in [0.25, 0.3) is 0 Å². The minimum atomic E-state index is -1.13. The summed E-state index contributed by atoms with van der Waals surface area (Å²) in [6.45, 7) is -0.545. The number of carboxylic acid groups (broad SMARTS) is 1. The minimum absolute atomic E-state index is 0.146. The maximum absolute atomic E-state index is 11.6. The van der Waals surface area contributed by atoms with E-state index in [1.165, 1.54) is 10.8 Å². The van der Waals surface area contributed by atoms with Crippen LogP contribution in [-0.4, -0.2) is 27.2 Å². The van der Waals surface area contributed by atoms with E-state index >= 15 is 0 Å². The highest BCUT2D eigenvalue weighted by atomic mass is 16.5. The molecule has 1 aliphatic rings. The summed E-state index contributed by atoms with van der Waals surface area (Å²) < 4.78 is 6.30. The summed E-state index contributed by atoms with van der Waals surface area (Å²) in [6, 6.07) is 0.229. The van der Waals surface area contributed by atoms with Crippen LogP contribution in [0.1, 0.15) is 18.9 Å². The first-order valence-corrected chi connectivity index (χ1v) is 4.60. The number of hydrogen-bond acceptors (Lipinski definition) is 4. The third-order valence-electron chi connectivity index (χ3n) is 2.11. The first-order valence-electron chi connectivity index (χ1n) is 4.60. The first-order chi connectivity index (χ1) is 7.18. The van der Waals surface area contributed by atoms with Crippen molar-refractivity contribution in [3.63, 3.8) is 0 Å². The van der Waals surface area contributed by atoms with Crippen molar-refractivity contribution < 1.29 is 14.6 Å². The number of carboxylic acids is 1. The lowest BCUT2D eigenvalue weighted by atomic mass is 10.5. The van der Waals surface area contributed by atoms with Gasteiger partial charge in [-0.05, 0) is 12.8 Å². The van der Waals surface area contributed by atoms with E-state index in [0.717, 1.165) is 12.8 Å². The van der Waals surface area contributed by atoms with Crippen LogP contribution < -0.4 is 10.3 Å². The van der Waals surface area contributed by atoms with E-state index < -0.39 is 12.6 Å². The number of rotatable bonds is 4. The van der Waals surface area contributed by atoms with Crippen LogP contribution in [0.3, 0.4) is 0 Å². The highest BCUT2D eigenvalue weighted by Gasteiger charge is 2.25. The van der Waals surface area contributed by atoms with Crippen LogP contribution in [0, 0.1) is 0 Å². The monoisotopic (exact) mass is 210 g/mol. The third-order valence-corrected chi connectivity index (χ3v) is 2.11. The van der Waals surface area contributed by atoms with Gasteiger partial charge in [-0.1, -0.05) is 0 Å². The van der Waals surface area contributed by atoms with Crippen LogP contribution in [-0.2, 0) is 4.79 Å². The molecule has 0 atom stereocenters. The molecule has 6 heteroatoms. The molecule has 1 saturated carbocycles. The smallest absolute Gasteiger partial charge is 0.341 e. The van der Waals surface area contributed by atoms with E-state index in [2.05, 4.69) is 4.98 Å². The first kappa shape index (κ1) is 9.70. The van der Waals surface area contributed by atoms with Gasteiger partial charge in [0, 0.05) is 18.4 Å². The average Bonchev–Trinajstić information content (AvgIpc) is 2.99. The van der Waals surface area contributed by atoms with Crippen molar-refractivity contribution in [3.05, 3.63) is 22.7 Å². The van der Waals surface area contributed by atoms with Gasteiger partial charge in [-0.2, -0.15) is 0 Å². The molecule has 0 saturated heterocycles. The van der Waals surface area contributed by atoms with Crippen molar-refractivity contribution >= 4 is 5.97 Å². The molecule has 0 amide bonds. The molecule has 1 heterocycles. The Kier molecular flexibility index (Phi) is 2.40. The number of aliphatic carboxylic acids is 1. The van der Waals surface area contributed by atoms with E-state index in [4.69, 9.17) is 9.84 Å². The van der Waals surface area contributed by atoms with Gasteiger partial charge in [-0.3, -0.25) is 4.79 Å². The van der Waals surface area contributed by atoms with Gasteiger partial charge in [0.1, 0.15) is 0 Å². The minimum Gasteiger partial charge on any atom is -0.479 e. The van der Waals surface area contributed by atoms with Crippen LogP contribution >= 0.6 is 0 Å². The molecule has 80 valence electrons. The molecule has 1 aromatic rings. The number of hydrogen-bond donors (Lipinski definition) is 1. The molecule has 2 rings (SSSR count). The Morgan fingerprint density at radius 2 is 2.40 bits per heavy atom. The Labute approximate surface area is 85.1 Å². The van der Waals surface area contributed by atoms with Crippen molar-refractivity contribution in [3.8, 4) is 5.88 Å². The van der Waals surface area contributed by atoms with Gasteiger partial charge in [-0.25, -0.2) is 9.78 Å². The molecule has 15 heavy (non-hydrogen) atoms. The number of ether oxygens (including phenoxy) is 1. The second-order valence-electron chi connectivity index (χ2n) is 3.36. The molecule has 0 aromatic carbocycles. The average molecular weight is 210 g/mol. The van der Waals surface area contributed by atoms with E-state index in [1.807, 2.05) is 0 Å². The Balaban J connectivity index is 2.20. The molecule has 0 bridgehead atoms. The van der Waals surface area contributed by atoms with Gasteiger partial charge in [0.2, 0.25) is 0 Å². The largest absolute Gasteiger partial charge is 0.479 e. The lowest BCUT2D eigenvalue weighted by Gasteiger charge is -2.05. The standard InChI is InChI=1S/C9H10N2O4/c12-7(13)5-15-8-9(14)11(4-3-10-8)6-1-2-6/h3-4,6H,1-2,5H2,(H,12,13). The molecule has 0 unspecified atom stereocenters. The molecule has 0 radical (unpaired) electrons. The SMILES string of the molecule is O=C(O)COc1nccn(C2CC2)c1=O. The lowest BCUT2D eigenvalue weighted by Crippen LogP contribution is -2.23. The normalized spacial score (nSPS) is 14.9. The Morgan fingerprint density at radius 1 is 1.67 bits per heavy atom. The summed E-state index contributed by atoms with van der Waals surface area (Å²) in [7, 11) is 0. The van der Waals surface area contributed by atoms with E-state index in [-0.39, 0.29) is 17.5 Å². The van der Waals surface area contributed by atoms with E-state index in [0.29, 0.717) is 0 Å². The summed E-state index contributed by atoms with van der Waals surface area (Å²) in [5, 5.41) is 8.39. The Hall–Kier alpha value is -1.85. The van der Waals surface area contributed by atoms with Gasteiger partial charge < -0.3 is 14.4 Å². The van der Waals surface area contributed by atoms with Crippen LogP contribution in [0.2, 0.25) is 0 Å². The van der Waals surface area contributed by atoms with Crippen molar-refractivity contribution in [2.75, 3.05) is 6.61 Å². The van der Waals surface area contributed by atoms with Gasteiger partial charge in [0.15, 0.2) is 6.61 Å². The van der Waals surface area contributed by atoms with Crippen molar-refractivity contribution in [2.24, 2.45) is 0 Å². The fourth-order valence-corrected chi connectivity index (χ4v) is 1.28. The van der Waals surface area contributed by atoms with Gasteiger partial charge >= 0.3 is 11.5 Å². The highest BCUT2D eigenvalue weighted by molar-refractivity contribution is 5.68. The molecule has 0 aliphatic heterocycles. The number of aromatic nitrogens is 2. The molecule has 0 spiro atoms. The topological polar surface area (TPSA) is 81.4 Å². The maximum atomic E-state index is 11.6. The fourth-order valence-electron chi connectivity index (χ4n) is 1.28. The van der Waals surface area contributed by atoms with Gasteiger partial charge in [-0.15, -0.1) is 0 Å². The number of nitrogens with zero attached hydrogens (tertiary/aromatic N) is 2. The molecule has 1 fully saturated rings. The molecule has 1 aliphatic carbocycles. The predicted octanol–water partition coefficient (Wildman–Crippen LogP) is 0.0416. The van der Waals surface area contributed by atoms with Crippen molar-refractivity contribution in [1.29, 1.82) is 0 Å². The zero-order valence-corrected chi connectivity index (χ0v) is 7.92. The number of carbonyl (C=O) groups is 1. The molecule has 1 aromatic heterocycles. The third kappa shape index (κ3) is 2.15. The predicted molar refractivity (Wildman–Crippen MR) is 49.9 cm³/mol. The summed E-state index contributed by atoms with van der Waals surface area (Å²) in [6.07, 6.45) is 4.98. The Morgan fingerprint density at radius 3 is 3.00 bits per heavy atom. The highest BCUT2D eigenvalue weighted by Crippen LogP contribution is 2.33. The van der Waals surface area contributed by atoms with Crippen LogP contribution in [0.15, 0.2) is 17.2 Å². The fraction of sp³-hybridized carbons (Fsp3) is 0.444. The van der Waals surface area contributed by atoms with Gasteiger partial charge in [0.05, 0.1) is 0 Å². The second-order valence-corrected chi connectivity index (χ2v) is 3.36. The van der Waals surface area contributed by atoms with E-state index in [1.54, 1.807) is 6.20 Å². The molecular formula is C9H10N2O4. The van der Waals surface area contributed by atoms with E-state index in [9.17, 15) is 9.59 Å². The van der Waals surface area contributed by atoms with Crippen LogP contribution in [0.4, 0.5) is 0 Å². The quantitative estimate of drug-likeness (QED) is 0.758. The molecule has 6 nitrogen and oxygen atoms in total.